The molecule has 0 heterocycles. The number of rotatable bonds is 4. The Balaban J connectivity index is 4.42. The molecule has 0 aliphatic carbocycles. The minimum atomic E-state index is -1.91. The van der Waals surface area contributed by atoms with Crippen LogP contribution in [0.5, 0.6) is 0 Å². The van der Waals surface area contributed by atoms with Crippen LogP contribution in [0.15, 0.2) is 23.9 Å². The Bertz CT molecular complexity index is 302. The standard InChI is InChI=1S/C7H7NO5/c8-4(1-2-6(10)11)3-5(9)7(12)13/h1-3H,8H2,(H,10,11)(H,12,13)/p-2/b2-1-,4-3+. The lowest BCUT2D eigenvalue weighted by atomic mass is 10.3. The van der Waals surface area contributed by atoms with Crippen LogP contribution >= 0.6 is 0 Å². The zero-order valence-electron chi connectivity index (χ0n) is 6.35. The molecule has 0 saturated heterocycles. The molecule has 0 bridgehead atoms. The molecule has 6 nitrogen and oxygen atoms in total. The van der Waals surface area contributed by atoms with E-state index in [0.29, 0.717) is 12.2 Å². The first-order valence-electron chi connectivity index (χ1n) is 3.05. The summed E-state index contributed by atoms with van der Waals surface area (Å²) < 4.78 is 0. The highest BCUT2D eigenvalue weighted by Crippen LogP contribution is 1.87. The molecule has 6 heteroatoms. The van der Waals surface area contributed by atoms with E-state index in [4.69, 9.17) is 5.73 Å². The smallest absolute Gasteiger partial charge is 0.203 e. The number of carbonyl (C=O) groups excluding carboxylic acids is 3. The Morgan fingerprint density at radius 3 is 2.00 bits per heavy atom. The lowest BCUT2D eigenvalue weighted by Crippen LogP contribution is -2.30. The molecule has 0 spiro atoms. The second-order valence-electron chi connectivity index (χ2n) is 1.95. The normalized spacial score (nSPS) is 11.5. The molecule has 0 aromatic carbocycles. The zero-order chi connectivity index (χ0) is 10.4. The van der Waals surface area contributed by atoms with Crippen molar-refractivity contribution in [2.45, 2.75) is 0 Å². The number of allylic oxidation sites excluding steroid dienone is 1. The van der Waals surface area contributed by atoms with Crippen molar-refractivity contribution in [1.82, 2.24) is 0 Å². The van der Waals surface area contributed by atoms with Crippen LogP contribution in [0.4, 0.5) is 0 Å². The van der Waals surface area contributed by atoms with E-state index in [1.165, 1.54) is 0 Å². The summed E-state index contributed by atoms with van der Waals surface area (Å²) in [6, 6.07) is 0. The van der Waals surface area contributed by atoms with Gasteiger partial charge >= 0.3 is 0 Å². The molecule has 13 heavy (non-hydrogen) atoms. The van der Waals surface area contributed by atoms with Gasteiger partial charge in [-0.1, -0.05) is 0 Å². The maximum absolute atomic E-state index is 10.4. The van der Waals surface area contributed by atoms with Gasteiger partial charge in [-0.15, -0.1) is 0 Å². The molecule has 0 atom stereocenters. The highest BCUT2D eigenvalue weighted by Gasteiger charge is 1.96. The SMILES string of the molecule is NC(/C=C\C(=O)[O-])=C/C(=O)C(=O)[O-]. The highest BCUT2D eigenvalue weighted by molar-refractivity contribution is 6.36. The predicted molar refractivity (Wildman–Crippen MR) is 36.4 cm³/mol. The number of aliphatic carboxylic acids is 2. The summed E-state index contributed by atoms with van der Waals surface area (Å²) in [5.41, 5.74) is 4.72. The first kappa shape index (κ1) is 10.9. The first-order valence-corrected chi connectivity index (χ1v) is 3.05. The molecule has 2 N–H and O–H groups in total. The van der Waals surface area contributed by atoms with Crippen LogP contribution in [-0.2, 0) is 14.4 Å². The lowest BCUT2D eigenvalue weighted by Gasteiger charge is -1.96. The van der Waals surface area contributed by atoms with Crippen molar-refractivity contribution in [3.8, 4) is 0 Å². The maximum Gasteiger partial charge on any atom is 0.203 e. The minimum Gasteiger partial charge on any atom is -0.545 e. The average molecular weight is 183 g/mol. The van der Waals surface area contributed by atoms with Gasteiger partial charge in [0.15, 0.2) is 0 Å². The minimum absolute atomic E-state index is 0.307. The van der Waals surface area contributed by atoms with Crippen molar-refractivity contribution in [2.75, 3.05) is 0 Å². The Morgan fingerprint density at radius 2 is 1.62 bits per heavy atom. The van der Waals surface area contributed by atoms with Crippen molar-refractivity contribution in [3.63, 3.8) is 0 Å². The lowest BCUT2D eigenvalue weighted by molar-refractivity contribution is -0.299. The van der Waals surface area contributed by atoms with E-state index in [0.717, 1.165) is 6.08 Å². The summed E-state index contributed by atoms with van der Waals surface area (Å²) in [6.07, 6.45) is 1.93. The van der Waals surface area contributed by atoms with Gasteiger partial charge in [0.1, 0.15) is 5.97 Å². The molecule has 0 fully saturated rings. The molecule has 0 aromatic heterocycles. The van der Waals surface area contributed by atoms with Gasteiger partial charge in [0.2, 0.25) is 5.78 Å². The van der Waals surface area contributed by atoms with E-state index in [9.17, 15) is 24.6 Å². The summed E-state index contributed by atoms with van der Waals surface area (Å²) in [5.74, 6) is -4.75. The maximum atomic E-state index is 10.4. The number of hydrogen-bond donors (Lipinski definition) is 1. The number of ketones is 1. The van der Waals surface area contributed by atoms with E-state index in [2.05, 4.69) is 0 Å². The average Bonchev–Trinajstić information content (AvgIpc) is 2.00. The third-order valence-corrected chi connectivity index (χ3v) is 0.911. The van der Waals surface area contributed by atoms with Gasteiger partial charge in [-0.05, 0) is 12.2 Å². The van der Waals surface area contributed by atoms with Crippen LogP contribution < -0.4 is 15.9 Å². The van der Waals surface area contributed by atoms with Crippen molar-refractivity contribution in [3.05, 3.63) is 23.9 Å². The predicted octanol–water partition coefficient (Wildman–Crippen LogP) is -3.55. The van der Waals surface area contributed by atoms with Crippen molar-refractivity contribution < 1.29 is 24.6 Å². The highest BCUT2D eigenvalue weighted by atomic mass is 16.4. The molecule has 0 aliphatic heterocycles. The molecule has 0 saturated carbocycles. The monoisotopic (exact) mass is 183 g/mol. The Labute approximate surface area is 73.0 Å². The molecule has 0 unspecified atom stereocenters. The van der Waals surface area contributed by atoms with Crippen LogP contribution in [0, 0.1) is 0 Å². The quantitative estimate of drug-likeness (QED) is 0.273. The first-order chi connectivity index (χ1) is 5.93. The summed E-state index contributed by atoms with van der Waals surface area (Å²) in [5, 5.41) is 19.7. The summed E-state index contributed by atoms with van der Waals surface area (Å²) in [4.78, 5) is 30.1. The molecule has 0 amide bonds. The van der Waals surface area contributed by atoms with Gasteiger partial charge in [-0.25, -0.2) is 0 Å². The number of nitrogens with two attached hydrogens (primary N) is 1. The third kappa shape index (κ3) is 5.19. The second kappa shape index (κ2) is 4.70. The van der Waals surface area contributed by atoms with Crippen LogP contribution in [0.1, 0.15) is 0 Å². The Hall–Kier alpha value is -2.11. The molecule has 70 valence electrons. The van der Waals surface area contributed by atoms with Crippen molar-refractivity contribution >= 4 is 17.7 Å². The summed E-state index contributed by atoms with van der Waals surface area (Å²) >= 11 is 0. The van der Waals surface area contributed by atoms with E-state index < -0.39 is 17.7 Å². The number of carbonyl (C=O) groups is 3. The van der Waals surface area contributed by atoms with Crippen LogP contribution in [0.3, 0.4) is 0 Å². The van der Waals surface area contributed by atoms with Crippen molar-refractivity contribution in [2.24, 2.45) is 5.73 Å². The van der Waals surface area contributed by atoms with E-state index >= 15 is 0 Å². The summed E-state index contributed by atoms with van der Waals surface area (Å²) in [6.45, 7) is 0. The third-order valence-electron chi connectivity index (χ3n) is 0.911. The Morgan fingerprint density at radius 1 is 1.08 bits per heavy atom. The van der Waals surface area contributed by atoms with Gasteiger partial charge in [0.25, 0.3) is 0 Å². The molecule has 0 aromatic rings. The van der Waals surface area contributed by atoms with Gasteiger partial charge in [0.05, 0.1) is 5.97 Å². The molecule has 0 radical (unpaired) electrons. The van der Waals surface area contributed by atoms with E-state index in [1.807, 2.05) is 0 Å². The van der Waals surface area contributed by atoms with Gasteiger partial charge in [0, 0.05) is 11.8 Å². The zero-order valence-corrected chi connectivity index (χ0v) is 6.35. The molecular formula is C7H5NO5-2. The fourth-order valence-electron chi connectivity index (χ4n) is 0.423. The largest absolute Gasteiger partial charge is 0.545 e. The van der Waals surface area contributed by atoms with Crippen LogP contribution in [-0.4, -0.2) is 17.7 Å². The van der Waals surface area contributed by atoms with Gasteiger partial charge < -0.3 is 25.5 Å². The topological polar surface area (TPSA) is 123 Å². The fraction of sp³-hybridized carbons (Fsp3) is 0. The van der Waals surface area contributed by atoms with E-state index in [-0.39, 0.29) is 5.70 Å². The number of carboxylic acid groups (broad SMARTS) is 2. The molecule has 0 aliphatic rings. The van der Waals surface area contributed by atoms with Crippen LogP contribution in [0.25, 0.3) is 0 Å². The Kier molecular flexibility index (Phi) is 3.94. The molecular weight excluding hydrogens is 178 g/mol. The number of hydrogen-bond acceptors (Lipinski definition) is 6. The summed E-state index contributed by atoms with van der Waals surface area (Å²) in [7, 11) is 0. The van der Waals surface area contributed by atoms with Crippen molar-refractivity contribution in [1.29, 1.82) is 0 Å². The van der Waals surface area contributed by atoms with Gasteiger partial charge in [-0.2, -0.15) is 0 Å². The van der Waals surface area contributed by atoms with E-state index in [1.54, 1.807) is 0 Å². The number of carboxylic acids is 2. The van der Waals surface area contributed by atoms with Crippen LogP contribution in [0.2, 0.25) is 0 Å². The fourth-order valence-corrected chi connectivity index (χ4v) is 0.423. The second-order valence-corrected chi connectivity index (χ2v) is 1.95. The molecule has 0 rings (SSSR count). The van der Waals surface area contributed by atoms with Gasteiger partial charge in [-0.3, -0.25) is 4.79 Å².